The monoisotopic (exact) mass is 205 g/mol. The van der Waals surface area contributed by atoms with E-state index in [0.29, 0.717) is 0 Å². The van der Waals surface area contributed by atoms with Crippen molar-refractivity contribution in [3.8, 4) is 0 Å². The average molecular weight is 205 g/mol. The fourth-order valence-corrected chi connectivity index (χ4v) is 1.10. The molecule has 76 valence electrons. The minimum atomic E-state index is -1.24. The fraction of sp³-hybridized carbons (Fsp3) is 0.750. The second kappa shape index (κ2) is 4.50. The number of carbonyl (C=O) groups excluding carboxylic acids is 2. The number of hydrogen-bond donors (Lipinski definition) is 2. The summed E-state index contributed by atoms with van der Waals surface area (Å²) in [4.78, 5) is 20.9. The lowest BCUT2D eigenvalue weighted by atomic mass is 10.0. The maximum Gasteiger partial charge on any atom is 0.342 e. The number of methoxy groups -OCH3 is 1. The summed E-state index contributed by atoms with van der Waals surface area (Å²) in [5.41, 5.74) is 0. The minimum absolute atomic E-state index is 0.146. The van der Waals surface area contributed by atoms with Gasteiger partial charge in [-0.2, -0.15) is 0 Å². The molecule has 4 nitrogen and oxygen atoms in total. The first kappa shape index (κ1) is 12.3. The molecule has 1 amide bonds. The summed E-state index contributed by atoms with van der Waals surface area (Å²) in [5.74, 6) is -1.01. The molecule has 5 heteroatoms. The van der Waals surface area contributed by atoms with Gasteiger partial charge >= 0.3 is 5.97 Å². The Bertz CT molecular complexity index is 217. The zero-order valence-corrected chi connectivity index (χ0v) is 9.14. The number of ether oxygens (including phenoxy) is 1. The molecule has 0 spiro atoms. The Labute approximate surface area is 83.4 Å². The topological polar surface area (TPSA) is 55.4 Å². The summed E-state index contributed by atoms with van der Waals surface area (Å²) in [6, 6.07) is 0. The van der Waals surface area contributed by atoms with Crippen LogP contribution in [0.1, 0.15) is 20.8 Å². The van der Waals surface area contributed by atoms with Crippen molar-refractivity contribution in [3.63, 3.8) is 0 Å². The molecule has 0 aliphatic carbocycles. The Kier molecular flexibility index (Phi) is 4.26. The molecule has 0 fully saturated rings. The molecule has 0 aliphatic rings. The second-order valence-electron chi connectivity index (χ2n) is 3.09. The minimum Gasteiger partial charge on any atom is -0.467 e. The quantitative estimate of drug-likeness (QED) is 0.402. The summed E-state index contributed by atoms with van der Waals surface area (Å²) < 4.78 is 4.55. The van der Waals surface area contributed by atoms with Crippen LogP contribution in [0.2, 0.25) is 0 Å². The lowest BCUT2D eigenvalue weighted by Gasteiger charge is -2.29. The molecule has 0 aromatic heterocycles. The molecule has 0 aliphatic heterocycles. The van der Waals surface area contributed by atoms with Gasteiger partial charge in [0.2, 0.25) is 5.91 Å². The molecular weight excluding hydrogens is 190 g/mol. The summed E-state index contributed by atoms with van der Waals surface area (Å²) in [6.07, 6.45) is 0. The molecule has 0 saturated heterocycles. The highest BCUT2D eigenvalue weighted by Crippen LogP contribution is 2.22. The lowest BCUT2D eigenvalue weighted by molar-refractivity contribution is -0.147. The van der Waals surface area contributed by atoms with Crippen molar-refractivity contribution in [1.82, 2.24) is 5.32 Å². The van der Waals surface area contributed by atoms with Gasteiger partial charge in [-0.15, -0.1) is 12.6 Å². The van der Waals surface area contributed by atoms with E-state index in [2.05, 4.69) is 22.7 Å². The lowest BCUT2D eigenvalue weighted by Crippen LogP contribution is -2.53. The van der Waals surface area contributed by atoms with Gasteiger partial charge in [-0.3, -0.25) is 4.79 Å². The van der Waals surface area contributed by atoms with Crippen LogP contribution in [0.3, 0.4) is 0 Å². The fourth-order valence-electron chi connectivity index (χ4n) is 0.855. The van der Waals surface area contributed by atoms with Gasteiger partial charge in [-0.05, 0) is 5.92 Å². The van der Waals surface area contributed by atoms with E-state index in [-0.39, 0.29) is 11.8 Å². The molecule has 0 rings (SSSR count). The third kappa shape index (κ3) is 2.91. The molecule has 13 heavy (non-hydrogen) atoms. The SMILES string of the molecule is COC(=O)[C@](S)(NC(C)=O)C(C)C. The van der Waals surface area contributed by atoms with E-state index >= 15 is 0 Å². The first-order valence-electron chi connectivity index (χ1n) is 3.94. The number of esters is 1. The van der Waals surface area contributed by atoms with Crippen LogP contribution < -0.4 is 5.32 Å². The van der Waals surface area contributed by atoms with Crippen LogP contribution in [-0.4, -0.2) is 23.9 Å². The van der Waals surface area contributed by atoms with Crippen molar-refractivity contribution in [2.24, 2.45) is 5.92 Å². The first-order valence-corrected chi connectivity index (χ1v) is 4.38. The standard InChI is InChI=1S/C8H15NO3S/c1-5(2)8(13,7(11)12-4)9-6(3)10/h5,13H,1-4H3,(H,9,10)/t8-/m0/s1. The van der Waals surface area contributed by atoms with Crippen molar-refractivity contribution in [2.45, 2.75) is 25.6 Å². The highest BCUT2D eigenvalue weighted by molar-refractivity contribution is 7.82. The van der Waals surface area contributed by atoms with Crippen molar-refractivity contribution in [3.05, 3.63) is 0 Å². The summed E-state index contributed by atoms with van der Waals surface area (Å²) in [6.45, 7) is 4.88. The van der Waals surface area contributed by atoms with Crippen LogP contribution in [0, 0.1) is 5.92 Å². The first-order chi connectivity index (χ1) is 5.84. The zero-order valence-electron chi connectivity index (χ0n) is 8.25. The van der Waals surface area contributed by atoms with Crippen LogP contribution in [-0.2, 0) is 14.3 Å². The normalized spacial score (nSPS) is 14.9. The maximum atomic E-state index is 11.3. The maximum absolute atomic E-state index is 11.3. The average Bonchev–Trinajstić information content (AvgIpc) is 2.01. The van der Waals surface area contributed by atoms with Gasteiger partial charge in [0.25, 0.3) is 0 Å². The number of nitrogens with one attached hydrogen (secondary N) is 1. The Morgan fingerprint density at radius 2 is 1.92 bits per heavy atom. The van der Waals surface area contributed by atoms with E-state index in [9.17, 15) is 9.59 Å². The van der Waals surface area contributed by atoms with Gasteiger partial charge < -0.3 is 10.1 Å². The molecule has 0 aromatic carbocycles. The van der Waals surface area contributed by atoms with Crippen LogP contribution in [0.15, 0.2) is 0 Å². The van der Waals surface area contributed by atoms with Crippen molar-refractivity contribution in [2.75, 3.05) is 7.11 Å². The van der Waals surface area contributed by atoms with E-state index in [0.717, 1.165) is 0 Å². The number of rotatable bonds is 3. The summed E-state index contributed by atoms with van der Waals surface area (Å²) in [7, 11) is 1.26. The molecule has 1 N–H and O–H groups in total. The smallest absolute Gasteiger partial charge is 0.342 e. The van der Waals surface area contributed by atoms with Gasteiger partial charge in [0.15, 0.2) is 4.87 Å². The van der Waals surface area contributed by atoms with E-state index in [4.69, 9.17) is 0 Å². The van der Waals surface area contributed by atoms with Gasteiger partial charge in [0.1, 0.15) is 0 Å². The Hall–Kier alpha value is -0.710. The zero-order chi connectivity index (χ0) is 10.6. The van der Waals surface area contributed by atoms with Crippen molar-refractivity contribution >= 4 is 24.5 Å². The number of thiol groups is 1. The van der Waals surface area contributed by atoms with Crippen LogP contribution in [0.25, 0.3) is 0 Å². The Morgan fingerprint density at radius 3 is 2.15 bits per heavy atom. The number of hydrogen-bond acceptors (Lipinski definition) is 4. The largest absolute Gasteiger partial charge is 0.467 e. The molecule has 0 heterocycles. The van der Waals surface area contributed by atoms with Gasteiger partial charge in [0.05, 0.1) is 7.11 Å². The van der Waals surface area contributed by atoms with E-state index in [1.165, 1.54) is 14.0 Å². The van der Waals surface area contributed by atoms with Crippen LogP contribution >= 0.6 is 12.6 Å². The second-order valence-corrected chi connectivity index (χ2v) is 3.80. The molecule has 0 unspecified atom stereocenters. The Balaban J connectivity index is 4.72. The van der Waals surface area contributed by atoms with Crippen LogP contribution in [0.4, 0.5) is 0 Å². The predicted octanol–water partition coefficient (Wildman–Crippen LogP) is 0.578. The molecule has 0 aromatic rings. The highest BCUT2D eigenvalue weighted by Gasteiger charge is 2.39. The van der Waals surface area contributed by atoms with E-state index in [1.54, 1.807) is 13.8 Å². The summed E-state index contributed by atoms with van der Waals surface area (Å²) >= 11 is 4.12. The number of amides is 1. The molecule has 1 atom stereocenters. The summed E-state index contributed by atoms with van der Waals surface area (Å²) in [5, 5.41) is 2.46. The molecule has 0 radical (unpaired) electrons. The number of carbonyl (C=O) groups is 2. The molecule has 0 saturated carbocycles. The van der Waals surface area contributed by atoms with Gasteiger partial charge in [-0.1, -0.05) is 13.8 Å². The third-order valence-electron chi connectivity index (χ3n) is 1.70. The highest BCUT2D eigenvalue weighted by atomic mass is 32.1. The molecule has 0 bridgehead atoms. The predicted molar refractivity (Wildman–Crippen MR) is 52.4 cm³/mol. The van der Waals surface area contributed by atoms with Crippen molar-refractivity contribution in [1.29, 1.82) is 0 Å². The van der Waals surface area contributed by atoms with E-state index in [1.807, 2.05) is 0 Å². The van der Waals surface area contributed by atoms with E-state index < -0.39 is 10.8 Å². The van der Waals surface area contributed by atoms with Gasteiger partial charge in [0, 0.05) is 6.92 Å². The Morgan fingerprint density at radius 1 is 1.46 bits per heavy atom. The van der Waals surface area contributed by atoms with Gasteiger partial charge in [-0.25, -0.2) is 4.79 Å². The van der Waals surface area contributed by atoms with Crippen LogP contribution in [0.5, 0.6) is 0 Å². The van der Waals surface area contributed by atoms with Crippen molar-refractivity contribution < 1.29 is 14.3 Å². The third-order valence-corrected chi connectivity index (χ3v) is 2.51. The molecular formula is C8H15NO3S.